The van der Waals surface area contributed by atoms with Gasteiger partial charge >= 0.3 is 0 Å². The number of rotatable bonds is 11. The Hall–Kier alpha value is -0.630. The molecule has 1 atom stereocenters. The van der Waals surface area contributed by atoms with Crippen LogP contribution >= 0.6 is 11.8 Å². The smallest absolute Gasteiger partial charge is 0.115 e. The molecular weight excluding hydrogens is 264 g/mol. The Labute approximate surface area is 129 Å². The molecule has 0 heterocycles. The lowest BCUT2D eigenvalue weighted by Crippen LogP contribution is -1.90. The highest BCUT2D eigenvalue weighted by molar-refractivity contribution is 7.99. The number of hydrogen-bond acceptors (Lipinski definition) is 2. The van der Waals surface area contributed by atoms with Crippen molar-refractivity contribution in [3.63, 3.8) is 0 Å². The SMILES string of the molecule is CCCCCCCCCCSC(C)c1ccc(O)cc1. The third-order valence-corrected chi connectivity index (χ3v) is 5.02. The first kappa shape index (κ1) is 17.4. The molecule has 0 aliphatic carbocycles. The molecule has 0 aromatic heterocycles. The summed E-state index contributed by atoms with van der Waals surface area (Å²) >= 11 is 2.03. The average molecular weight is 295 g/mol. The molecule has 0 aliphatic rings. The van der Waals surface area contributed by atoms with E-state index in [0.29, 0.717) is 11.0 Å². The summed E-state index contributed by atoms with van der Waals surface area (Å²) in [5.74, 6) is 1.60. The van der Waals surface area contributed by atoms with Gasteiger partial charge < -0.3 is 5.11 Å². The van der Waals surface area contributed by atoms with Crippen molar-refractivity contribution >= 4 is 11.8 Å². The topological polar surface area (TPSA) is 20.2 Å². The predicted molar refractivity (Wildman–Crippen MR) is 91.6 cm³/mol. The van der Waals surface area contributed by atoms with E-state index in [9.17, 15) is 5.11 Å². The van der Waals surface area contributed by atoms with Crippen molar-refractivity contribution in [2.24, 2.45) is 0 Å². The molecule has 2 heteroatoms. The molecule has 0 fully saturated rings. The van der Waals surface area contributed by atoms with E-state index >= 15 is 0 Å². The van der Waals surface area contributed by atoms with Crippen LogP contribution < -0.4 is 0 Å². The van der Waals surface area contributed by atoms with Gasteiger partial charge in [0.15, 0.2) is 0 Å². The zero-order valence-electron chi connectivity index (χ0n) is 13.1. The van der Waals surface area contributed by atoms with Gasteiger partial charge in [0.2, 0.25) is 0 Å². The zero-order valence-corrected chi connectivity index (χ0v) is 13.9. The molecule has 20 heavy (non-hydrogen) atoms. The summed E-state index contributed by atoms with van der Waals surface area (Å²) in [5.41, 5.74) is 1.31. The quantitative estimate of drug-likeness (QED) is 0.481. The van der Waals surface area contributed by atoms with Gasteiger partial charge in [0, 0.05) is 5.25 Å². The van der Waals surface area contributed by atoms with Gasteiger partial charge in [-0.1, -0.05) is 64.0 Å². The van der Waals surface area contributed by atoms with Gasteiger partial charge in [0.05, 0.1) is 0 Å². The van der Waals surface area contributed by atoms with Crippen LogP contribution in [0.15, 0.2) is 24.3 Å². The molecule has 1 unspecified atom stereocenters. The molecule has 1 nitrogen and oxygen atoms in total. The molecule has 0 radical (unpaired) electrons. The molecule has 0 bridgehead atoms. The van der Waals surface area contributed by atoms with E-state index in [2.05, 4.69) is 13.8 Å². The van der Waals surface area contributed by atoms with Crippen LogP contribution in [0.1, 0.15) is 76.0 Å². The van der Waals surface area contributed by atoms with E-state index in [1.807, 2.05) is 23.9 Å². The summed E-state index contributed by atoms with van der Waals surface area (Å²) in [5, 5.41) is 9.81. The summed E-state index contributed by atoms with van der Waals surface area (Å²) in [4.78, 5) is 0. The summed E-state index contributed by atoms with van der Waals surface area (Å²) in [7, 11) is 0. The van der Waals surface area contributed by atoms with Crippen molar-refractivity contribution in [1.29, 1.82) is 0 Å². The lowest BCUT2D eigenvalue weighted by Gasteiger charge is -2.11. The van der Waals surface area contributed by atoms with Crippen LogP contribution in [0.25, 0.3) is 0 Å². The minimum Gasteiger partial charge on any atom is -0.508 e. The number of aromatic hydroxyl groups is 1. The van der Waals surface area contributed by atoms with Gasteiger partial charge in [0.25, 0.3) is 0 Å². The molecule has 0 aliphatic heterocycles. The van der Waals surface area contributed by atoms with Crippen molar-refractivity contribution in [1.82, 2.24) is 0 Å². The Morgan fingerprint density at radius 1 is 0.900 bits per heavy atom. The van der Waals surface area contributed by atoms with Crippen LogP contribution in [0.5, 0.6) is 5.75 Å². The molecule has 0 spiro atoms. The first-order valence-corrected chi connectivity index (χ1v) is 9.19. The summed E-state index contributed by atoms with van der Waals surface area (Å²) in [6, 6.07) is 7.62. The standard InChI is InChI=1S/C18H30OS/c1-3-4-5-6-7-8-9-10-15-20-16(2)17-11-13-18(19)14-12-17/h11-14,16,19H,3-10,15H2,1-2H3. The molecule has 0 saturated heterocycles. The number of phenolic OH excluding ortho intramolecular Hbond substituents is 1. The first-order chi connectivity index (χ1) is 9.74. The number of hydrogen-bond donors (Lipinski definition) is 1. The highest BCUT2D eigenvalue weighted by Crippen LogP contribution is 2.29. The fourth-order valence-electron chi connectivity index (χ4n) is 2.34. The maximum absolute atomic E-state index is 9.28. The molecule has 1 aromatic carbocycles. The molecule has 0 amide bonds. The monoisotopic (exact) mass is 294 g/mol. The normalized spacial score (nSPS) is 12.5. The van der Waals surface area contributed by atoms with Crippen LogP contribution in [-0.4, -0.2) is 10.9 Å². The van der Waals surface area contributed by atoms with Crippen LogP contribution in [-0.2, 0) is 0 Å². The molecule has 114 valence electrons. The maximum atomic E-state index is 9.28. The minimum absolute atomic E-state index is 0.356. The van der Waals surface area contributed by atoms with Crippen molar-refractivity contribution in [2.75, 3.05) is 5.75 Å². The fourth-order valence-corrected chi connectivity index (χ4v) is 3.41. The number of thioether (sulfide) groups is 1. The first-order valence-electron chi connectivity index (χ1n) is 8.14. The van der Waals surface area contributed by atoms with Crippen molar-refractivity contribution in [2.45, 2.75) is 70.5 Å². The van der Waals surface area contributed by atoms with Gasteiger partial charge in [0.1, 0.15) is 5.75 Å². The molecule has 0 saturated carbocycles. The van der Waals surface area contributed by atoms with Gasteiger partial charge in [-0.05, 0) is 36.8 Å². The maximum Gasteiger partial charge on any atom is 0.115 e. The number of unbranched alkanes of at least 4 members (excludes halogenated alkanes) is 7. The lowest BCUT2D eigenvalue weighted by atomic mass is 10.1. The van der Waals surface area contributed by atoms with Crippen LogP contribution in [0.2, 0.25) is 0 Å². The van der Waals surface area contributed by atoms with E-state index in [4.69, 9.17) is 0 Å². The van der Waals surface area contributed by atoms with Gasteiger partial charge in [-0.15, -0.1) is 0 Å². The van der Waals surface area contributed by atoms with E-state index in [1.54, 1.807) is 12.1 Å². The van der Waals surface area contributed by atoms with Gasteiger partial charge in [-0.3, -0.25) is 0 Å². The average Bonchev–Trinajstić information content (AvgIpc) is 2.46. The van der Waals surface area contributed by atoms with E-state index in [0.717, 1.165) is 0 Å². The third kappa shape index (κ3) is 7.84. The van der Waals surface area contributed by atoms with Crippen LogP contribution in [0.4, 0.5) is 0 Å². The molecule has 1 rings (SSSR count). The second-order valence-electron chi connectivity index (χ2n) is 5.58. The summed E-state index contributed by atoms with van der Waals surface area (Å²) in [6.07, 6.45) is 11.1. The lowest BCUT2D eigenvalue weighted by molar-refractivity contribution is 0.475. The second-order valence-corrected chi connectivity index (χ2v) is 7.03. The highest BCUT2D eigenvalue weighted by atomic mass is 32.2. The number of benzene rings is 1. The summed E-state index contributed by atoms with van der Waals surface area (Å²) < 4.78 is 0. The van der Waals surface area contributed by atoms with E-state index in [1.165, 1.54) is 62.7 Å². The van der Waals surface area contributed by atoms with Crippen molar-refractivity contribution in [3.8, 4) is 5.75 Å². The van der Waals surface area contributed by atoms with E-state index < -0.39 is 0 Å². The Balaban J connectivity index is 1.99. The Morgan fingerprint density at radius 2 is 1.45 bits per heavy atom. The van der Waals surface area contributed by atoms with Crippen molar-refractivity contribution < 1.29 is 5.11 Å². The Kier molecular flexibility index (Phi) is 9.65. The second kappa shape index (κ2) is 11.1. The predicted octanol–water partition coefficient (Wildman–Crippen LogP) is 6.33. The highest BCUT2D eigenvalue weighted by Gasteiger charge is 2.05. The minimum atomic E-state index is 0.356. The Bertz CT molecular complexity index is 334. The molecule has 1 aromatic rings. The van der Waals surface area contributed by atoms with Gasteiger partial charge in [-0.25, -0.2) is 0 Å². The fraction of sp³-hybridized carbons (Fsp3) is 0.667. The van der Waals surface area contributed by atoms with E-state index in [-0.39, 0.29) is 0 Å². The summed E-state index contributed by atoms with van der Waals surface area (Å²) in [6.45, 7) is 4.52. The van der Waals surface area contributed by atoms with Crippen LogP contribution in [0.3, 0.4) is 0 Å². The molecular formula is C18H30OS. The Morgan fingerprint density at radius 3 is 2.05 bits per heavy atom. The van der Waals surface area contributed by atoms with Crippen molar-refractivity contribution in [3.05, 3.63) is 29.8 Å². The van der Waals surface area contributed by atoms with Gasteiger partial charge in [-0.2, -0.15) is 11.8 Å². The largest absolute Gasteiger partial charge is 0.508 e. The molecule has 1 N–H and O–H groups in total. The third-order valence-electron chi connectivity index (χ3n) is 3.73. The van der Waals surface area contributed by atoms with Crippen LogP contribution in [0, 0.1) is 0 Å². The number of phenols is 1. The zero-order chi connectivity index (χ0) is 14.6.